The van der Waals surface area contributed by atoms with Gasteiger partial charge in [0.1, 0.15) is 11.6 Å². The number of aromatic nitrogens is 2. The number of imidazole rings is 1. The van der Waals surface area contributed by atoms with E-state index in [1.165, 1.54) is 12.1 Å². The molecular weight excluding hydrogens is 419 g/mol. The zero-order chi connectivity index (χ0) is 23.0. The van der Waals surface area contributed by atoms with Crippen LogP contribution < -0.4 is 15.4 Å². The highest BCUT2D eigenvalue weighted by molar-refractivity contribution is 5.79. The van der Waals surface area contributed by atoms with Crippen LogP contribution in [0.15, 0.2) is 65.9 Å². The van der Waals surface area contributed by atoms with Gasteiger partial charge in [-0.1, -0.05) is 42.5 Å². The monoisotopic (exact) mass is 445 g/mol. The number of aryl methyl sites for hydroxylation is 1. The molecule has 0 aliphatic rings. The fourth-order valence-electron chi connectivity index (χ4n) is 3.16. The number of hydrogen-bond acceptors (Lipinski definition) is 3. The van der Waals surface area contributed by atoms with Crippen molar-refractivity contribution in [3.63, 3.8) is 0 Å². The Morgan fingerprint density at radius 2 is 1.88 bits per heavy atom. The van der Waals surface area contributed by atoms with E-state index in [1.54, 1.807) is 18.3 Å². The fraction of sp³-hybridized carbons (Fsp3) is 0.304. The smallest absolute Gasteiger partial charge is 0.405 e. The summed E-state index contributed by atoms with van der Waals surface area (Å²) in [6.45, 7) is 5.78. The number of nitrogens with one attached hydrogen (secondary N) is 2. The van der Waals surface area contributed by atoms with Crippen LogP contribution in [0, 0.1) is 6.92 Å². The lowest BCUT2D eigenvalue weighted by molar-refractivity contribution is -0.274. The summed E-state index contributed by atoms with van der Waals surface area (Å²) in [4.78, 5) is 8.81. The lowest BCUT2D eigenvalue weighted by Crippen LogP contribution is -2.37. The Bertz CT molecular complexity index is 1050. The molecule has 0 bridgehead atoms. The largest absolute Gasteiger partial charge is 0.573 e. The van der Waals surface area contributed by atoms with Gasteiger partial charge in [-0.15, -0.1) is 13.2 Å². The molecule has 2 aromatic carbocycles. The maximum absolute atomic E-state index is 12.6. The summed E-state index contributed by atoms with van der Waals surface area (Å²) < 4.78 is 44.1. The van der Waals surface area contributed by atoms with Crippen LogP contribution in [0.3, 0.4) is 0 Å². The number of nitrogens with zero attached hydrogens (tertiary/aromatic N) is 3. The molecule has 0 atom stereocenters. The van der Waals surface area contributed by atoms with Crippen LogP contribution >= 0.6 is 0 Å². The molecule has 0 aliphatic carbocycles. The minimum Gasteiger partial charge on any atom is -0.405 e. The van der Waals surface area contributed by atoms with E-state index < -0.39 is 6.36 Å². The van der Waals surface area contributed by atoms with Gasteiger partial charge in [-0.3, -0.25) is 0 Å². The third kappa shape index (κ3) is 7.04. The molecule has 0 fully saturated rings. The summed E-state index contributed by atoms with van der Waals surface area (Å²) in [6, 6.07) is 14.1. The van der Waals surface area contributed by atoms with Crippen molar-refractivity contribution in [3.8, 4) is 5.75 Å². The first kappa shape index (κ1) is 23.2. The third-order valence-corrected chi connectivity index (χ3v) is 4.68. The highest BCUT2D eigenvalue weighted by Crippen LogP contribution is 2.26. The number of benzene rings is 2. The molecule has 0 saturated heterocycles. The van der Waals surface area contributed by atoms with Crippen molar-refractivity contribution in [2.24, 2.45) is 4.99 Å². The molecule has 1 heterocycles. The molecule has 0 spiro atoms. The van der Waals surface area contributed by atoms with Crippen molar-refractivity contribution >= 4 is 5.96 Å². The van der Waals surface area contributed by atoms with Gasteiger partial charge in [0.05, 0.1) is 6.54 Å². The van der Waals surface area contributed by atoms with Gasteiger partial charge < -0.3 is 19.9 Å². The summed E-state index contributed by atoms with van der Waals surface area (Å²) >= 11 is 0. The van der Waals surface area contributed by atoms with E-state index in [9.17, 15) is 13.2 Å². The first-order chi connectivity index (χ1) is 15.3. The standard InChI is InChI=1S/C23H26F3N5O/c1-3-27-22(30-15-20-9-4-5-10-21(20)32-23(24,25)26)29-14-18-7-6-8-19(13-18)16-31-12-11-28-17(31)2/h4-13H,3,14-16H2,1-2H3,(H2,27,29,30). The second-order valence-corrected chi connectivity index (χ2v) is 7.13. The van der Waals surface area contributed by atoms with Crippen molar-refractivity contribution in [2.45, 2.75) is 39.8 Å². The van der Waals surface area contributed by atoms with Gasteiger partial charge in [0.25, 0.3) is 0 Å². The number of para-hydroxylation sites is 1. The molecule has 3 rings (SSSR count). The van der Waals surface area contributed by atoms with Crippen LogP contribution in [-0.4, -0.2) is 28.4 Å². The zero-order valence-corrected chi connectivity index (χ0v) is 18.0. The quantitative estimate of drug-likeness (QED) is 0.399. The molecule has 0 radical (unpaired) electrons. The first-order valence-electron chi connectivity index (χ1n) is 10.3. The molecule has 0 saturated carbocycles. The normalized spacial score (nSPS) is 12.0. The van der Waals surface area contributed by atoms with Crippen LogP contribution in [-0.2, 0) is 19.6 Å². The van der Waals surface area contributed by atoms with Crippen molar-refractivity contribution in [3.05, 3.63) is 83.4 Å². The molecule has 0 unspecified atom stereocenters. The second-order valence-electron chi connectivity index (χ2n) is 7.13. The predicted octanol–water partition coefficient (Wildman–Crippen LogP) is 4.39. The number of ether oxygens (including phenoxy) is 1. The number of hydrogen-bond donors (Lipinski definition) is 2. The fourth-order valence-corrected chi connectivity index (χ4v) is 3.16. The molecule has 0 aliphatic heterocycles. The van der Waals surface area contributed by atoms with E-state index in [2.05, 4.69) is 36.0 Å². The van der Waals surface area contributed by atoms with E-state index in [4.69, 9.17) is 0 Å². The number of rotatable bonds is 8. The third-order valence-electron chi connectivity index (χ3n) is 4.68. The number of alkyl halides is 3. The number of aliphatic imine (C=N–C) groups is 1. The Morgan fingerprint density at radius 1 is 1.09 bits per heavy atom. The summed E-state index contributed by atoms with van der Waals surface area (Å²) in [7, 11) is 0. The topological polar surface area (TPSA) is 63.5 Å². The van der Waals surface area contributed by atoms with Crippen molar-refractivity contribution in [2.75, 3.05) is 6.54 Å². The lowest BCUT2D eigenvalue weighted by atomic mass is 10.1. The van der Waals surface area contributed by atoms with Crippen LogP contribution in [0.4, 0.5) is 13.2 Å². The minimum absolute atomic E-state index is 0.137. The summed E-state index contributed by atoms with van der Waals surface area (Å²) in [6.07, 6.45) is -1.03. The number of guanidine groups is 1. The number of halogens is 3. The summed E-state index contributed by atoms with van der Waals surface area (Å²) in [5.41, 5.74) is 2.54. The van der Waals surface area contributed by atoms with Crippen molar-refractivity contribution in [1.82, 2.24) is 20.2 Å². The zero-order valence-electron chi connectivity index (χ0n) is 18.0. The molecule has 32 heavy (non-hydrogen) atoms. The van der Waals surface area contributed by atoms with E-state index >= 15 is 0 Å². The SMILES string of the molecule is CCNC(=NCc1cccc(Cn2ccnc2C)c1)NCc1ccccc1OC(F)(F)F. The molecule has 170 valence electrons. The Kier molecular flexibility index (Phi) is 7.75. The van der Waals surface area contributed by atoms with Crippen LogP contribution in [0.2, 0.25) is 0 Å². The van der Waals surface area contributed by atoms with E-state index in [-0.39, 0.29) is 12.3 Å². The Balaban J connectivity index is 1.66. The lowest BCUT2D eigenvalue weighted by Gasteiger charge is -2.15. The Labute approximate surface area is 185 Å². The maximum atomic E-state index is 12.6. The van der Waals surface area contributed by atoms with Gasteiger partial charge in [-0.05, 0) is 31.0 Å². The van der Waals surface area contributed by atoms with Gasteiger partial charge >= 0.3 is 6.36 Å². The minimum atomic E-state index is -4.74. The molecule has 6 nitrogen and oxygen atoms in total. The molecule has 2 N–H and O–H groups in total. The molecule has 3 aromatic rings. The molecule has 9 heteroatoms. The van der Waals surface area contributed by atoms with Crippen molar-refractivity contribution < 1.29 is 17.9 Å². The van der Waals surface area contributed by atoms with E-state index in [0.717, 1.165) is 23.5 Å². The highest BCUT2D eigenvalue weighted by Gasteiger charge is 2.31. The van der Waals surface area contributed by atoms with Gasteiger partial charge in [-0.2, -0.15) is 0 Å². The Hall–Kier alpha value is -3.49. The van der Waals surface area contributed by atoms with Crippen LogP contribution in [0.25, 0.3) is 0 Å². The van der Waals surface area contributed by atoms with Gasteiger partial charge in [0, 0.05) is 37.6 Å². The molecule has 1 aromatic heterocycles. The average molecular weight is 445 g/mol. The van der Waals surface area contributed by atoms with Crippen LogP contribution in [0.1, 0.15) is 29.4 Å². The van der Waals surface area contributed by atoms with Gasteiger partial charge in [-0.25, -0.2) is 9.98 Å². The van der Waals surface area contributed by atoms with Gasteiger partial charge in [0.2, 0.25) is 0 Å². The summed E-state index contributed by atoms with van der Waals surface area (Å²) in [5, 5.41) is 6.18. The predicted molar refractivity (Wildman–Crippen MR) is 117 cm³/mol. The first-order valence-corrected chi connectivity index (χ1v) is 10.3. The Morgan fingerprint density at radius 3 is 2.59 bits per heavy atom. The summed E-state index contributed by atoms with van der Waals surface area (Å²) in [5.74, 6) is 1.22. The average Bonchev–Trinajstić information content (AvgIpc) is 3.14. The maximum Gasteiger partial charge on any atom is 0.573 e. The second kappa shape index (κ2) is 10.7. The van der Waals surface area contributed by atoms with Crippen molar-refractivity contribution in [1.29, 1.82) is 0 Å². The van der Waals surface area contributed by atoms with Crippen LogP contribution in [0.5, 0.6) is 5.75 Å². The molecule has 0 amide bonds. The van der Waals surface area contributed by atoms with Gasteiger partial charge in [0.15, 0.2) is 5.96 Å². The van der Waals surface area contributed by atoms with E-state index in [1.807, 2.05) is 38.2 Å². The van der Waals surface area contributed by atoms with E-state index in [0.29, 0.717) is 24.6 Å². The molecular formula is C23H26F3N5O. The highest BCUT2D eigenvalue weighted by atomic mass is 19.4.